The first-order valence-corrected chi connectivity index (χ1v) is 4.83. The number of methoxy groups -OCH3 is 1. The molecule has 0 aromatic heterocycles. The second-order valence-electron chi connectivity index (χ2n) is 2.93. The van der Waals surface area contributed by atoms with Crippen molar-refractivity contribution in [1.82, 2.24) is 10.9 Å². The Morgan fingerprint density at radius 1 is 1.53 bits per heavy atom. The van der Waals surface area contributed by atoms with Crippen molar-refractivity contribution in [1.29, 1.82) is 0 Å². The fourth-order valence-corrected chi connectivity index (χ4v) is 1.39. The highest BCUT2D eigenvalue weighted by Crippen LogP contribution is 2.22. The maximum atomic E-state index is 11.3. The minimum absolute atomic E-state index is 0.135. The van der Waals surface area contributed by atoms with Gasteiger partial charge in [0.1, 0.15) is 5.75 Å². The van der Waals surface area contributed by atoms with Gasteiger partial charge in [0, 0.05) is 12.1 Å². The monoisotopic (exact) mass is 228 g/mol. The average Bonchev–Trinajstić information content (AvgIpc) is 2.21. The van der Waals surface area contributed by atoms with E-state index in [-0.39, 0.29) is 12.3 Å². The normalized spacial score (nSPS) is 9.80. The van der Waals surface area contributed by atoms with Crippen LogP contribution in [0.1, 0.15) is 5.56 Å². The van der Waals surface area contributed by atoms with Gasteiger partial charge in [0.25, 0.3) is 0 Å². The van der Waals surface area contributed by atoms with Gasteiger partial charge in [-0.3, -0.25) is 10.2 Å². The smallest absolute Gasteiger partial charge is 0.238 e. The van der Waals surface area contributed by atoms with Crippen LogP contribution in [0.3, 0.4) is 0 Å². The molecule has 82 valence electrons. The summed E-state index contributed by atoms with van der Waals surface area (Å²) in [6.07, 6.45) is 0.240. The van der Waals surface area contributed by atoms with Crippen LogP contribution in [0.15, 0.2) is 18.2 Å². The molecule has 0 spiro atoms. The van der Waals surface area contributed by atoms with E-state index in [9.17, 15) is 4.79 Å². The first-order valence-electron chi connectivity index (χ1n) is 4.45. The van der Waals surface area contributed by atoms with Crippen molar-refractivity contribution in [3.05, 3.63) is 28.8 Å². The van der Waals surface area contributed by atoms with Crippen LogP contribution in [0.5, 0.6) is 5.75 Å². The maximum Gasteiger partial charge on any atom is 0.238 e. The zero-order chi connectivity index (χ0) is 11.3. The molecule has 1 aromatic carbocycles. The van der Waals surface area contributed by atoms with Gasteiger partial charge in [-0.25, -0.2) is 5.43 Å². The molecule has 15 heavy (non-hydrogen) atoms. The third kappa shape index (κ3) is 3.42. The Balaban J connectivity index is 2.73. The minimum Gasteiger partial charge on any atom is -0.497 e. The third-order valence-corrected chi connectivity index (χ3v) is 2.23. The Morgan fingerprint density at radius 3 is 2.80 bits per heavy atom. The summed E-state index contributed by atoms with van der Waals surface area (Å²) < 4.78 is 5.01. The van der Waals surface area contributed by atoms with Crippen LogP contribution in [0, 0.1) is 0 Å². The number of benzene rings is 1. The summed E-state index contributed by atoms with van der Waals surface area (Å²) in [4.78, 5) is 11.3. The first-order chi connectivity index (χ1) is 7.17. The lowest BCUT2D eigenvalue weighted by Crippen LogP contribution is -2.35. The number of hydrogen-bond donors (Lipinski definition) is 2. The highest BCUT2D eigenvalue weighted by atomic mass is 35.5. The predicted molar refractivity (Wildman–Crippen MR) is 58.9 cm³/mol. The van der Waals surface area contributed by atoms with E-state index in [2.05, 4.69) is 10.9 Å². The molecule has 0 unspecified atom stereocenters. The number of hydrogen-bond acceptors (Lipinski definition) is 3. The summed E-state index contributed by atoms with van der Waals surface area (Å²) in [7, 11) is 3.20. The predicted octanol–water partition coefficient (Wildman–Crippen LogP) is 1.14. The fraction of sp³-hybridized carbons (Fsp3) is 0.300. The van der Waals surface area contributed by atoms with E-state index in [1.54, 1.807) is 32.4 Å². The van der Waals surface area contributed by atoms with Gasteiger partial charge in [-0.15, -0.1) is 0 Å². The number of rotatable bonds is 4. The molecule has 0 saturated carbocycles. The SMILES string of the molecule is CNNC(=O)Cc1ccc(OC)cc1Cl. The van der Waals surface area contributed by atoms with E-state index >= 15 is 0 Å². The van der Waals surface area contributed by atoms with Crippen LogP contribution in [-0.4, -0.2) is 20.1 Å². The molecule has 2 N–H and O–H groups in total. The lowest BCUT2D eigenvalue weighted by Gasteiger charge is -2.06. The molecule has 0 aliphatic carbocycles. The zero-order valence-electron chi connectivity index (χ0n) is 8.63. The van der Waals surface area contributed by atoms with Crippen LogP contribution in [0.4, 0.5) is 0 Å². The molecule has 0 fully saturated rings. The van der Waals surface area contributed by atoms with Gasteiger partial charge < -0.3 is 4.74 Å². The molecule has 0 radical (unpaired) electrons. The summed E-state index contributed by atoms with van der Waals surface area (Å²) in [6.45, 7) is 0. The fourth-order valence-electron chi connectivity index (χ4n) is 1.15. The highest BCUT2D eigenvalue weighted by Gasteiger charge is 2.07. The Bertz CT molecular complexity index is 355. The van der Waals surface area contributed by atoms with Crippen molar-refractivity contribution in [3.8, 4) is 5.75 Å². The van der Waals surface area contributed by atoms with E-state index in [4.69, 9.17) is 16.3 Å². The highest BCUT2D eigenvalue weighted by molar-refractivity contribution is 6.31. The topological polar surface area (TPSA) is 50.4 Å². The molecule has 0 saturated heterocycles. The van der Waals surface area contributed by atoms with Crippen molar-refractivity contribution >= 4 is 17.5 Å². The molecule has 0 aliphatic heterocycles. The summed E-state index contributed by atoms with van der Waals surface area (Å²) in [5.41, 5.74) is 5.80. The number of nitrogens with one attached hydrogen (secondary N) is 2. The summed E-state index contributed by atoms with van der Waals surface area (Å²) >= 11 is 5.97. The van der Waals surface area contributed by atoms with E-state index < -0.39 is 0 Å². The summed E-state index contributed by atoms with van der Waals surface area (Å²) in [6, 6.07) is 5.23. The molecule has 5 heteroatoms. The van der Waals surface area contributed by atoms with Gasteiger partial charge in [-0.05, 0) is 17.7 Å². The molecule has 0 aliphatic rings. The van der Waals surface area contributed by atoms with Gasteiger partial charge in [-0.1, -0.05) is 17.7 Å². The zero-order valence-corrected chi connectivity index (χ0v) is 9.39. The second kappa shape index (κ2) is 5.58. The van der Waals surface area contributed by atoms with Gasteiger partial charge >= 0.3 is 0 Å². The number of hydrazine groups is 1. The molecular weight excluding hydrogens is 216 g/mol. The Morgan fingerprint density at radius 2 is 2.27 bits per heavy atom. The number of carbonyl (C=O) groups is 1. The number of amides is 1. The molecule has 1 rings (SSSR count). The number of ether oxygens (including phenoxy) is 1. The lowest BCUT2D eigenvalue weighted by atomic mass is 10.1. The third-order valence-electron chi connectivity index (χ3n) is 1.88. The molecule has 0 atom stereocenters. The lowest BCUT2D eigenvalue weighted by molar-refractivity contribution is -0.121. The Labute approximate surface area is 93.5 Å². The van der Waals surface area contributed by atoms with Gasteiger partial charge in [0.05, 0.1) is 13.5 Å². The van der Waals surface area contributed by atoms with E-state index in [1.165, 1.54) is 0 Å². The average molecular weight is 229 g/mol. The summed E-state index contributed by atoms with van der Waals surface area (Å²) in [5, 5.41) is 0.528. The number of halogens is 1. The Kier molecular flexibility index (Phi) is 4.39. The van der Waals surface area contributed by atoms with Crippen LogP contribution in [-0.2, 0) is 11.2 Å². The van der Waals surface area contributed by atoms with Crippen molar-refractivity contribution in [2.75, 3.05) is 14.2 Å². The first kappa shape index (κ1) is 11.8. The number of carbonyl (C=O) groups excluding carboxylic acids is 1. The largest absolute Gasteiger partial charge is 0.497 e. The standard InChI is InChI=1S/C10H13ClN2O2/c1-12-13-10(14)5-7-3-4-8(15-2)6-9(7)11/h3-4,6,12H,5H2,1-2H3,(H,13,14). The minimum atomic E-state index is -0.135. The molecule has 4 nitrogen and oxygen atoms in total. The van der Waals surface area contributed by atoms with Crippen LogP contribution < -0.4 is 15.6 Å². The Hall–Kier alpha value is -1.26. The quantitative estimate of drug-likeness (QED) is 0.760. The van der Waals surface area contributed by atoms with Crippen molar-refractivity contribution in [3.63, 3.8) is 0 Å². The van der Waals surface area contributed by atoms with Crippen molar-refractivity contribution in [2.24, 2.45) is 0 Å². The summed E-state index contributed by atoms with van der Waals surface area (Å²) in [5.74, 6) is 0.544. The maximum absolute atomic E-state index is 11.3. The van der Waals surface area contributed by atoms with Crippen molar-refractivity contribution < 1.29 is 9.53 Å². The molecule has 1 amide bonds. The van der Waals surface area contributed by atoms with Crippen molar-refractivity contribution in [2.45, 2.75) is 6.42 Å². The molecule has 1 aromatic rings. The van der Waals surface area contributed by atoms with Crippen LogP contribution >= 0.6 is 11.6 Å². The van der Waals surface area contributed by atoms with Crippen LogP contribution in [0.25, 0.3) is 0 Å². The van der Waals surface area contributed by atoms with E-state index in [1.807, 2.05) is 0 Å². The van der Waals surface area contributed by atoms with Gasteiger partial charge in [0.2, 0.25) is 5.91 Å². The van der Waals surface area contributed by atoms with Gasteiger partial charge in [-0.2, -0.15) is 0 Å². The molecular formula is C10H13ClN2O2. The van der Waals surface area contributed by atoms with Gasteiger partial charge in [0.15, 0.2) is 0 Å². The molecule has 0 heterocycles. The van der Waals surface area contributed by atoms with E-state index in [0.717, 1.165) is 5.56 Å². The van der Waals surface area contributed by atoms with E-state index in [0.29, 0.717) is 10.8 Å². The second-order valence-corrected chi connectivity index (χ2v) is 3.34. The molecule has 0 bridgehead atoms. The van der Waals surface area contributed by atoms with Crippen LogP contribution in [0.2, 0.25) is 5.02 Å².